The van der Waals surface area contributed by atoms with Crippen molar-refractivity contribution in [3.8, 4) is 6.07 Å². The molecule has 0 bridgehead atoms. The molecule has 1 heterocycles. The zero-order valence-corrected chi connectivity index (χ0v) is 11.8. The summed E-state index contributed by atoms with van der Waals surface area (Å²) in [5.74, 6) is 0. The highest BCUT2D eigenvalue weighted by molar-refractivity contribution is 5.85. The molecule has 1 amide bonds. The van der Waals surface area contributed by atoms with Crippen molar-refractivity contribution in [2.75, 3.05) is 13.1 Å². The Bertz CT molecular complexity index is 383. The van der Waals surface area contributed by atoms with E-state index in [9.17, 15) is 4.79 Å². The number of amides is 1. The van der Waals surface area contributed by atoms with Crippen molar-refractivity contribution in [3.05, 3.63) is 0 Å². The van der Waals surface area contributed by atoms with E-state index >= 15 is 0 Å². The average molecular weight is 274 g/mol. The Morgan fingerprint density at radius 1 is 1.39 bits per heavy atom. The minimum absolute atomic E-state index is 0. The summed E-state index contributed by atoms with van der Waals surface area (Å²) >= 11 is 0. The van der Waals surface area contributed by atoms with Gasteiger partial charge in [-0.1, -0.05) is 0 Å². The number of hydrogen-bond acceptors (Lipinski definition) is 4. The topological polar surface area (TPSA) is 79.3 Å². The molecule has 0 unspecified atom stereocenters. The largest absolute Gasteiger partial charge is 0.444 e. The summed E-state index contributed by atoms with van der Waals surface area (Å²) < 4.78 is 5.27. The van der Waals surface area contributed by atoms with Gasteiger partial charge in [0.1, 0.15) is 11.1 Å². The molecule has 1 saturated heterocycles. The van der Waals surface area contributed by atoms with Crippen molar-refractivity contribution in [3.63, 3.8) is 0 Å². The molecular weight excluding hydrogens is 254 g/mol. The first-order valence-corrected chi connectivity index (χ1v) is 5.85. The van der Waals surface area contributed by atoms with E-state index in [2.05, 4.69) is 6.07 Å². The standard InChI is InChI=1S/C12H19N3O2.ClH/c1-10(2,3)17-9(16)15-7-11(8-15)4-12(14,5-11)6-13;/h4-5,7-8,14H2,1-3H3;1H. The van der Waals surface area contributed by atoms with Crippen molar-refractivity contribution >= 4 is 18.5 Å². The first kappa shape index (κ1) is 15.1. The quantitative estimate of drug-likeness (QED) is 0.728. The zero-order valence-electron chi connectivity index (χ0n) is 11.0. The molecule has 0 aromatic carbocycles. The van der Waals surface area contributed by atoms with Gasteiger partial charge < -0.3 is 15.4 Å². The van der Waals surface area contributed by atoms with E-state index < -0.39 is 11.1 Å². The number of ether oxygens (including phenoxy) is 1. The van der Waals surface area contributed by atoms with E-state index in [1.54, 1.807) is 4.90 Å². The highest BCUT2D eigenvalue weighted by atomic mass is 35.5. The van der Waals surface area contributed by atoms with Crippen LogP contribution in [-0.4, -0.2) is 35.2 Å². The first-order chi connectivity index (χ1) is 7.67. The van der Waals surface area contributed by atoms with Gasteiger partial charge in [0.15, 0.2) is 0 Å². The lowest BCUT2D eigenvalue weighted by Gasteiger charge is -2.60. The van der Waals surface area contributed by atoms with E-state index in [0.29, 0.717) is 25.9 Å². The molecule has 1 aliphatic heterocycles. The number of carbonyl (C=O) groups excluding carboxylic acids is 1. The molecule has 6 heteroatoms. The number of rotatable bonds is 0. The van der Waals surface area contributed by atoms with Gasteiger partial charge in [0.25, 0.3) is 0 Å². The highest BCUT2D eigenvalue weighted by Crippen LogP contribution is 2.52. The van der Waals surface area contributed by atoms with Crippen LogP contribution in [0.5, 0.6) is 0 Å². The van der Waals surface area contributed by atoms with Crippen LogP contribution in [0.3, 0.4) is 0 Å². The first-order valence-electron chi connectivity index (χ1n) is 5.85. The maximum Gasteiger partial charge on any atom is 0.410 e. The summed E-state index contributed by atoms with van der Waals surface area (Å²) in [6.45, 7) is 6.89. The van der Waals surface area contributed by atoms with Gasteiger partial charge in [0.2, 0.25) is 0 Å². The lowest BCUT2D eigenvalue weighted by molar-refractivity contribution is -0.0912. The summed E-state index contributed by atoms with van der Waals surface area (Å²) in [7, 11) is 0. The molecule has 0 aromatic rings. The van der Waals surface area contributed by atoms with Gasteiger partial charge in [-0.15, -0.1) is 12.4 Å². The van der Waals surface area contributed by atoms with Crippen LogP contribution in [-0.2, 0) is 4.74 Å². The second-order valence-electron chi connectivity index (χ2n) is 6.46. The Kier molecular flexibility index (Phi) is 3.59. The van der Waals surface area contributed by atoms with Crippen LogP contribution in [0.15, 0.2) is 0 Å². The van der Waals surface area contributed by atoms with E-state index in [1.165, 1.54) is 0 Å². The Labute approximate surface area is 114 Å². The fourth-order valence-electron chi connectivity index (χ4n) is 2.81. The van der Waals surface area contributed by atoms with E-state index in [4.69, 9.17) is 15.7 Å². The number of hydrogen-bond donors (Lipinski definition) is 1. The van der Waals surface area contributed by atoms with Gasteiger partial charge >= 0.3 is 6.09 Å². The SMILES string of the molecule is CC(C)(C)OC(=O)N1CC2(C1)CC(N)(C#N)C2.Cl. The van der Waals surface area contributed by atoms with Crippen molar-refractivity contribution in [1.82, 2.24) is 4.90 Å². The number of halogens is 1. The predicted octanol–water partition coefficient (Wildman–Crippen LogP) is 1.66. The molecule has 102 valence electrons. The Morgan fingerprint density at radius 2 is 1.89 bits per heavy atom. The number of nitrogens with two attached hydrogens (primary N) is 1. The van der Waals surface area contributed by atoms with Crippen LogP contribution in [0.25, 0.3) is 0 Å². The number of likely N-dealkylation sites (tertiary alicyclic amines) is 1. The van der Waals surface area contributed by atoms with Crippen molar-refractivity contribution in [2.45, 2.75) is 44.8 Å². The molecule has 2 aliphatic rings. The maximum absolute atomic E-state index is 11.7. The van der Waals surface area contributed by atoms with Crippen LogP contribution in [0.4, 0.5) is 4.79 Å². The van der Waals surface area contributed by atoms with E-state index in [1.807, 2.05) is 20.8 Å². The Hall–Kier alpha value is -0.990. The number of nitrogens with zero attached hydrogens (tertiary/aromatic N) is 2. The predicted molar refractivity (Wildman–Crippen MR) is 69.3 cm³/mol. The van der Waals surface area contributed by atoms with Crippen LogP contribution < -0.4 is 5.73 Å². The molecule has 1 aliphatic carbocycles. The normalized spacial score (nSPS) is 23.2. The molecule has 2 fully saturated rings. The summed E-state index contributed by atoms with van der Waals surface area (Å²) in [5, 5.41) is 8.84. The fraction of sp³-hybridized carbons (Fsp3) is 0.833. The zero-order chi connectivity index (χ0) is 12.9. The molecule has 0 aromatic heterocycles. The maximum atomic E-state index is 11.7. The lowest BCUT2D eigenvalue weighted by atomic mass is 9.54. The highest BCUT2D eigenvalue weighted by Gasteiger charge is 2.60. The molecule has 1 saturated carbocycles. The molecule has 18 heavy (non-hydrogen) atoms. The second-order valence-corrected chi connectivity index (χ2v) is 6.46. The van der Waals surface area contributed by atoms with Crippen molar-refractivity contribution < 1.29 is 9.53 Å². The van der Waals surface area contributed by atoms with Crippen LogP contribution in [0, 0.1) is 16.7 Å². The summed E-state index contributed by atoms with van der Waals surface area (Å²) in [6, 6.07) is 2.13. The second kappa shape index (κ2) is 4.29. The summed E-state index contributed by atoms with van der Waals surface area (Å²) in [6.07, 6.45) is 1.11. The Morgan fingerprint density at radius 3 is 2.28 bits per heavy atom. The third kappa shape index (κ3) is 2.70. The lowest BCUT2D eigenvalue weighted by Crippen LogP contribution is -2.71. The molecule has 5 nitrogen and oxygen atoms in total. The van der Waals surface area contributed by atoms with Gasteiger partial charge in [0, 0.05) is 18.5 Å². The van der Waals surface area contributed by atoms with E-state index in [-0.39, 0.29) is 23.9 Å². The number of carbonyl (C=O) groups is 1. The van der Waals surface area contributed by atoms with Crippen molar-refractivity contribution in [2.24, 2.45) is 11.1 Å². The van der Waals surface area contributed by atoms with Gasteiger partial charge in [-0.25, -0.2) is 4.79 Å². The monoisotopic (exact) mass is 273 g/mol. The smallest absolute Gasteiger partial charge is 0.410 e. The molecule has 0 atom stereocenters. The molecule has 1 spiro atoms. The van der Waals surface area contributed by atoms with E-state index in [0.717, 1.165) is 0 Å². The van der Waals surface area contributed by atoms with Gasteiger partial charge in [-0.05, 0) is 33.6 Å². The average Bonchev–Trinajstić information content (AvgIpc) is 2.05. The summed E-state index contributed by atoms with van der Waals surface area (Å²) in [5.41, 5.74) is 4.78. The number of nitriles is 1. The van der Waals surface area contributed by atoms with Crippen molar-refractivity contribution in [1.29, 1.82) is 5.26 Å². The minimum Gasteiger partial charge on any atom is -0.444 e. The fourth-order valence-corrected chi connectivity index (χ4v) is 2.81. The molecule has 0 radical (unpaired) electrons. The minimum atomic E-state index is -0.667. The Balaban J connectivity index is 0.00000162. The molecule has 2 rings (SSSR count). The van der Waals surface area contributed by atoms with Crippen LogP contribution in [0.2, 0.25) is 0 Å². The molecule has 2 N–H and O–H groups in total. The van der Waals surface area contributed by atoms with Gasteiger partial charge in [-0.3, -0.25) is 0 Å². The van der Waals surface area contributed by atoms with Gasteiger partial charge in [0.05, 0.1) is 6.07 Å². The van der Waals surface area contributed by atoms with Crippen LogP contribution in [0.1, 0.15) is 33.6 Å². The summed E-state index contributed by atoms with van der Waals surface area (Å²) in [4.78, 5) is 13.4. The van der Waals surface area contributed by atoms with Gasteiger partial charge in [-0.2, -0.15) is 5.26 Å². The third-order valence-corrected chi connectivity index (χ3v) is 3.31. The van der Waals surface area contributed by atoms with Crippen LogP contribution >= 0.6 is 12.4 Å². The third-order valence-electron chi connectivity index (χ3n) is 3.31. The molecular formula is C12H20ClN3O2.